The van der Waals surface area contributed by atoms with Crippen molar-refractivity contribution < 1.29 is 9.53 Å². The maximum Gasteiger partial charge on any atom is 0.295 e. The van der Waals surface area contributed by atoms with Crippen LogP contribution < -0.4 is 4.74 Å². The highest BCUT2D eigenvalue weighted by molar-refractivity contribution is 8.01. The number of carbonyl (C=O) groups excluding carboxylic acids is 1. The fourth-order valence-electron chi connectivity index (χ4n) is 2.04. The van der Waals surface area contributed by atoms with Crippen molar-refractivity contribution in [1.82, 2.24) is 15.1 Å². The lowest BCUT2D eigenvalue weighted by molar-refractivity contribution is -0.128. The summed E-state index contributed by atoms with van der Waals surface area (Å²) in [5.74, 6) is 0.648. The SMILES string of the molecule is CC(C)Oc1nnc(SCC(=O)N2CCCCCC2)s1. The first-order chi connectivity index (χ1) is 9.65. The summed E-state index contributed by atoms with van der Waals surface area (Å²) in [6, 6.07) is 0. The number of rotatable bonds is 5. The molecule has 1 aliphatic heterocycles. The zero-order valence-corrected chi connectivity index (χ0v) is 13.6. The standard InChI is InChI=1S/C13H21N3O2S2/c1-10(2)18-12-14-15-13(20-12)19-9-11(17)16-7-5-3-4-6-8-16/h10H,3-9H2,1-2H3. The van der Waals surface area contributed by atoms with Gasteiger partial charge < -0.3 is 9.64 Å². The lowest BCUT2D eigenvalue weighted by Crippen LogP contribution is -2.33. The molecular formula is C13H21N3O2S2. The third kappa shape index (κ3) is 4.94. The molecule has 5 nitrogen and oxygen atoms in total. The summed E-state index contributed by atoms with van der Waals surface area (Å²) in [6.45, 7) is 5.71. The number of aromatic nitrogens is 2. The van der Waals surface area contributed by atoms with Gasteiger partial charge in [0.25, 0.3) is 5.19 Å². The van der Waals surface area contributed by atoms with Crippen molar-refractivity contribution in [3.05, 3.63) is 0 Å². The first kappa shape index (κ1) is 15.6. The van der Waals surface area contributed by atoms with E-state index in [1.165, 1.54) is 35.9 Å². The molecule has 0 N–H and O–H groups in total. The van der Waals surface area contributed by atoms with E-state index >= 15 is 0 Å². The maximum absolute atomic E-state index is 12.1. The van der Waals surface area contributed by atoms with Gasteiger partial charge in [-0.3, -0.25) is 4.79 Å². The second-order valence-corrected chi connectivity index (χ2v) is 7.25. The Morgan fingerprint density at radius 3 is 2.65 bits per heavy atom. The zero-order chi connectivity index (χ0) is 14.4. The van der Waals surface area contributed by atoms with Gasteiger partial charge in [0.2, 0.25) is 5.91 Å². The fraction of sp³-hybridized carbons (Fsp3) is 0.769. The number of likely N-dealkylation sites (tertiary alicyclic amines) is 1. The van der Waals surface area contributed by atoms with Gasteiger partial charge in [-0.05, 0) is 38.0 Å². The molecule has 0 spiro atoms. The Balaban J connectivity index is 1.78. The van der Waals surface area contributed by atoms with Crippen LogP contribution >= 0.6 is 23.1 Å². The van der Waals surface area contributed by atoms with Crippen molar-refractivity contribution >= 4 is 29.0 Å². The predicted molar refractivity (Wildman–Crippen MR) is 81.4 cm³/mol. The van der Waals surface area contributed by atoms with Crippen molar-refractivity contribution in [2.45, 2.75) is 50.0 Å². The number of nitrogens with zero attached hydrogens (tertiary/aromatic N) is 3. The van der Waals surface area contributed by atoms with Gasteiger partial charge in [0.1, 0.15) is 0 Å². The molecule has 2 heterocycles. The van der Waals surface area contributed by atoms with E-state index in [0.29, 0.717) is 10.9 Å². The molecule has 0 bridgehead atoms. The monoisotopic (exact) mass is 315 g/mol. The van der Waals surface area contributed by atoms with Crippen molar-refractivity contribution in [3.8, 4) is 5.19 Å². The number of carbonyl (C=O) groups is 1. The van der Waals surface area contributed by atoms with Gasteiger partial charge in [-0.15, -0.1) is 5.10 Å². The average Bonchev–Trinajstić information content (AvgIpc) is 2.67. The van der Waals surface area contributed by atoms with Gasteiger partial charge in [-0.1, -0.05) is 29.7 Å². The number of amides is 1. The normalized spacial score (nSPS) is 16.2. The van der Waals surface area contributed by atoms with Gasteiger partial charge >= 0.3 is 0 Å². The van der Waals surface area contributed by atoms with E-state index < -0.39 is 0 Å². The Morgan fingerprint density at radius 1 is 1.30 bits per heavy atom. The molecule has 0 atom stereocenters. The zero-order valence-electron chi connectivity index (χ0n) is 12.0. The molecule has 0 unspecified atom stereocenters. The van der Waals surface area contributed by atoms with Gasteiger partial charge in [-0.25, -0.2) is 0 Å². The van der Waals surface area contributed by atoms with E-state index in [2.05, 4.69) is 10.2 Å². The highest BCUT2D eigenvalue weighted by Gasteiger charge is 2.16. The molecule has 0 saturated carbocycles. The molecule has 1 aromatic rings. The smallest absolute Gasteiger partial charge is 0.295 e. The van der Waals surface area contributed by atoms with Gasteiger partial charge in [0.15, 0.2) is 4.34 Å². The third-order valence-corrected chi connectivity index (χ3v) is 4.93. The quantitative estimate of drug-likeness (QED) is 0.782. The van der Waals surface area contributed by atoms with E-state index in [0.717, 1.165) is 30.3 Å². The molecule has 2 rings (SSSR count). The second-order valence-electron chi connectivity index (χ2n) is 5.08. The number of ether oxygens (including phenoxy) is 1. The molecule has 0 aliphatic carbocycles. The molecule has 1 aromatic heterocycles. The summed E-state index contributed by atoms with van der Waals surface area (Å²) in [5.41, 5.74) is 0. The van der Waals surface area contributed by atoms with E-state index in [4.69, 9.17) is 4.74 Å². The first-order valence-corrected chi connectivity index (χ1v) is 8.86. The summed E-state index contributed by atoms with van der Waals surface area (Å²) in [6.07, 6.45) is 4.83. The predicted octanol–water partition coefficient (Wildman–Crippen LogP) is 2.82. The molecule has 1 aliphatic rings. The summed E-state index contributed by atoms with van der Waals surface area (Å²) in [4.78, 5) is 14.1. The lowest BCUT2D eigenvalue weighted by atomic mass is 10.2. The summed E-state index contributed by atoms with van der Waals surface area (Å²) < 4.78 is 6.27. The number of hydrogen-bond donors (Lipinski definition) is 0. The topological polar surface area (TPSA) is 55.3 Å². The van der Waals surface area contributed by atoms with Crippen LogP contribution in [-0.4, -0.2) is 46.0 Å². The highest BCUT2D eigenvalue weighted by Crippen LogP contribution is 2.28. The van der Waals surface area contributed by atoms with Crippen LogP contribution in [0.1, 0.15) is 39.5 Å². The van der Waals surface area contributed by atoms with E-state index in [1.807, 2.05) is 18.7 Å². The Bertz CT molecular complexity index is 429. The molecule has 1 amide bonds. The number of thioether (sulfide) groups is 1. The highest BCUT2D eigenvalue weighted by atomic mass is 32.2. The van der Waals surface area contributed by atoms with Crippen molar-refractivity contribution in [1.29, 1.82) is 0 Å². The minimum Gasteiger partial charge on any atom is -0.466 e. The Labute approximate surface area is 128 Å². The van der Waals surface area contributed by atoms with Gasteiger partial charge in [-0.2, -0.15) is 0 Å². The summed E-state index contributed by atoms with van der Waals surface area (Å²) >= 11 is 2.85. The molecule has 1 saturated heterocycles. The number of hydrogen-bond acceptors (Lipinski definition) is 6. The second kappa shape index (κ2) is 7.83. The minimum atomic E-state index is 0.0968. The fourth-order valence-corrected chi connectivity index (χ4v) is 3.75. The van der Waals surface area contributed by atoms with E-state index in [-0.39, 0.29) is 12.0 Å². The van der Waals surface area contributed by atoms with Gasteiger partial charge in [0, 0.05) is 13.1 Å². The molecule has 0 aromatic carbocycles. The van der Waals surface area contributed by atoms with Gasteiger partial charge in [0.05, 0.1) is 11.9 Å². The van der Waals surface area contributed by atoms with Crippen LogP contribution in [0.3, 0.4) is 0 Å². The molecule has 0 radical (unpaired) electrons. The average molecular weight is 315 g/mol. The maximum atomic E-state index is 12.1. The Morgan fingerprint density at radius 2 is 2.00 bits per heavy atom. The van der Waals surface area contributed by atoms with Crippen LogP contribution in [0, 0.1) is 0 Å². The van der Waals surface area contributed by atoms with Crippen LogP contribution in [0.15, 0.2) is 4.34 Å². The third-order valence-electron chi connectivity index (χ3n) is 3.00. The summed E-state index contributed by atoms with van der Waals surface area (Å²) in [5, 5.41) is 8.58. The van der Waals surface area contributed by atoms with Crippen LogP contribution in [0.2, 0.25) is 0 Å². The molecule has 112 valence electrons. The summed E-state index contributed by atoms with van der Waals surface area (Å²) in [7, 11) is 0. The first-order valence-electron chi connectivity index (χ1n) is 7.06. The van der Waals surface area contributed by atoms with E-state index in [1.54, 1.807) is 0 Å². The van der Waals surface area contributed by atoms with Crippen molar-refractivity contribution in [3.63, 3.8) is 0 Å². The molecule has 1 fully saturated rings. The van der Waals surface area contributed by atoms with Crippen LogP contribution in [0.5, 0.6) is 5.19 Å². The Kier molecular flexibility index (Phi) is 6.09. The van der Waals surface area contributed by atoms with E-state index in [9.17, 15) is 4.79 Å². The van der Waals surface area contributed by atoms with Crippen LogP contribution in [0.4, 0.5) is 0 Å². The molecule has 7 heteroatoms. The van der Waals surface area contributed by atoms with Crippen molar-refractivity contribution in [2.75, 3.05) is 18.8 Å². The Hall–Kier alpha value is -0.820. The largest absolute Gasteiger partial charge is 0.466 e. The van der Waals surface area contributed by atoms with Crippen LogP contribution in [0.25, 0.3) is 0 Å². The minimum absolute atomic E-state index is 0.0968. The molecular weight excluding hydrogens is 294 g/mol. The van der Waals surface area contributed by atoms with Crippen LogP contribution in [-0.2, 0) is 4.79 Å². The van der Waals surface area contributed by atoms with Crippen molar-refractivity contribution in [2.24, 2.45) is 0 Å². The molecule has 20 heavy (non-hydrogen) atoms. The lowest BCUT2D eigenvalue weighted by Gasteiger charge is -2.19.